The molecule has 4 nitrogen and oxygen atoms in total. The number of nitrogens with zero attached hydrogens (tertiary/aromatic N) is 1. The standard InChI is InChI=1S/C13H20N2O2/c1-17-12-6-8-14-9-10(12)13(16)11-5-3-2-4-7-15-11/h6,8-9,11,13,15-16H,2-5,7H2,1H3. The van der Waals surface area contributed by atoms with Gasteiger partial charge >= 0.3 is 0 Å². The molecule has 1 aromatic heterocycles. The third-order valence-electron chi connectivity index (χ3n) is 3.33. The SMILES string of the molecule is COc1ccncc1C(O)C1CCCCCN1. The van der Waals surface area contributed by atoms with E-state index >= 15 is 0 Å². The van der Waals surface area contributed by atoms with Gasteiger partial charge in [0.25, 0.3) is 0 Å². The summed E-state index contributed by atoms with van der Waals surface area (Å²) in [5.74, 6) is 0.707. The Morgan fingerprint density at radius 3 is 3.18 bits per heavy atom. The molecule has 0 aromatic carbocycles. The van der Waals surface area contributed by atoms with Crippen LogP contribution in [0.1, 0.15) is 37.4 Å². The monoisotopic (exact) mass is 236 g/mol. The van der Waals surface area contributed by atoms with Gasteiger partial charge in [-0.25, -0.2) is 0 Å². The molecule has 0 saturated carbocycles. The lowest BCUT2D eigenvalue weighted by atomic mass is 9.99. The highest BCUT2D eigenvalue weighted by Crippen LogP contribution is 2.28. The van der Waals surface area contributed by atoms with Crippen molar-refractivity contribution in [2.75, 3.05) is 13.7 Å². The van der Waals surface area contributed by atoms with Crippen molar-refractivity contribution in [3.05, 3.63) is 24.0 Å². The summed E-state index contributed by atoms with van der Waals surface area (Å²) in [4.78, 5) is 4.06. The summed E-state index contributed by atoms with van der Waals surface area (Å²) >= 11 is 0. The fraction of sp³-hybridized carbons (Fsp3) is 0.615. The van der Waals surface area contributed by atoms with E-state index in [0.29, 0.717) is 5.75 Å². The van der Waals surface area contributed by atoms with Gasteiger partial charge in [-0.2, -0.15) is 0 Å². The molecule has 0 aliphatic carbocycles. The number of pyridine rings is 1. The van der Waals surface area contributed by atoms with Gasteiger partial charge in [-0.3, -0.25) is 4.98 Å². The maximum atomic E-state index is 10.4. The Morgan fingerprint density at radius 1 is 1.47 bits per heavy atom. The minimum Gasteiger partial charge on any atom is -0.496 e. The average molecular weight is 236 g/mol. The van der Waals surface area contributed by atoms with Gasteiger partial charge in [-0.15, -0.1) is 0 Å². The molecule has 0 amide bonds. The number of aliphatic hydroxyl groups excluding tert-OH is 1. The van der Waals surface area contributed by atoms with E-state index in [1.807, 2.05) is 0 Å². The molecule has 0 spiro atoms. The van der Waals surface area contributed by atoms with Crippen LogP contribution in [0.25, 0.3) is 0 Å². The number of aromatic nitrogens is 1. The molecule has 1 saturated heterocycles. The van der Waals surface area contributed by atoms with Crippen molar-refractivity contribution in [3.63, 3.8) is 0 Å². The first-order valence-electron chi connectivity index (χ1n) is 6.22. The van der Waals surface area contributed by atoms with Crippen molar-refractivity contribution in [2.45, 2.75) is 37.8 Å². The minimum atomic E-state index is -0.545. The smallest absolute Gasteiger partial charge is 0.127 e. The molecule has 2 N–H and O–H groups in total. The van der Waals surface area contributed by atoms with Crippen LogP contribution in [0.15, 0.2) is 18.5 Å². The number of hydrogen-bond acceptors (Lipinski definition) is 4. The Balaban J connectivity index is 2.14. The molecule has 2 rings (SSSR count). The molecule has 1 aliphatic heterocycles. The second-order valence-electron chi connectivity index (χ2n) is 4.47. The molecule has 1 fully saturated rings. The maximum Gasteiger partial charge on any atom is 0.127 e. The van der Waals surface area contributed by atoms with Gasteiger partial charge in [0.05, 0.1) is 13.2 Å². The van der Waals surface area contributed by atoms with Crippen LogP contribution in [0.4, 0.5) is 0 Å². The fourth-order valence-corrected chi connectivity index (χ4v) is 2.34. The first kappa shape index (κ1) is 12.3. The number of methoxy groups -OCH3 is 1. The zero-order chi connectivity index (χ0) is 12.1. The van der Waals surface area contributed by atoms with Crippen LogP contribution in [0, 0.1) is 0 Å². The molecular weight excluding hydrogens is 216 g/mol. The fourth-order valence-electron chi connectivity index (χ4n) is 2.34. The zero-order valence-electron chi connectivity index (χ0n) is 10.2. The second-order valence-corrected chi connectivity index (χ2v) is 4.47. The van der Waals surface area contributed by atoms with Gasteiger partial charge < -0.3 is 15.2 Å². The highest BCUT2D eigenvalue weighted by Gasteiger charge is 2.24. The molecule has 0 radical (unpaired) electrons. The average Bonchev–Trinajstić information content (AvgIpc) is 2.66. The van der Waals surface area contributed by atoms with Gasteiger partial charge in [0.2, 0.25) is 0 Å². The van der Waals surface area contributed by atoms with E-state index < -0.39 is 6.10 Å². The van der Waals surface area contributed by atoms with Crippen LogP contribution < -0.4 is 10.1 Å². The maximum absolute atomic E-state index is 10.4. The number of nitrogens with one attached hydrogen (secondary N) is 1. The third kappa shape index (κ3) is 2.96. The Kier molecular flexibility index (Phi) is 4.34. The molecule has 94 valence electrons. The molecule has 17 heavy (non-hydrogen) atoms. The van der Waals surface area contributed by atoms with Crippen molar-refractivity contribution < 1.29 is 9.84 Å². The number of aliphatic hydroxyl groups is 1. The molecule has 1 aromatic rings. The Morgan fingerprint density at radius 2 is 2.35 bits per heavy atom. The first-order valence-corrected chi connectivity index (χ1v) is 6.22. The predicted molar refractivity (Wildman–Crippen MR) is 66.0 cm³/mol. The minimum absolute atomic E-state index is 0.107. The first-order chi connectivity index (χ1) is 8.33. The summed E-state index contributed by atoms with van der Waals surface area (Å²) in [5.41, 5.74) is 0.773. The van der Waals surface area contributed by atoms with E-state index in [-0.39, 0.29) is 6.04 Å². The van der Waals surface area contributed by atoms with Crippen LogP contribution in [-0.4, -0.2) is 29.8 Å². The molecule has 1 aliphatic rings. The van der Waals surface area contributed by atoms with E-state index in [4.69, 9.17) is 4.74 Å². The van der Waals surface area contributed by atoms with E-state index in [1.165, 1.54) is 12.8 Å². The van der Waals surface area contributed by atoms with Gasteiger partial charge in [0, 0.05) is 24.0 Å². The number of ether oxygens (including phenoxy) is 1. The van der Waals surface area contributed by atoms with Gasteiger partial charge in [-0.1, -0.05) is 12.8 Å². The zero-order valence-corrected chi connectivity index (χ0v) is 10.2. The van der Waals surface area contributed by atoms with E-state index in [1.54, 1.807) is 25.6 Å². The van der Waals surface area contributed by atoms with Crippen LogP contribution in [0.2, 0.25) is 0 Å². The highest BCUT2D eigenvalue weighted by atomic mass is 16.5. The summed E-state index contributed by atoms with van der Waals surface area (Å²) in [7, 11) is 1.62. The molecule has 2 heterocycles. The van der Waals surface area contributed by atoms with Crippen LogP contribution in [0.5, 0.6) is 5.75 Å². The highest BCUT2D eigenvalue weighted by molar-refractivity contribution is 5.32. The van der Waals surface area contributed by atoms with Gasteiger partial charge in [0.1, 0.15) is 5.75 Å². The van der Waals surface area contributed by atoms with Crippen molar-refractivity contribution in [1.82, 2.24) is 10.3 Å². The summed E-state index contributed by atoms with van der Waals surface area (Å²) in [6.45, 7) is 0.976. The lowest BCUT2D eigenvalue weighted by Crippen LogP contribution is -2.34. The third-order valence-corrected chi connectivity index (χ3v) is 3.33. The summed E-state index contributed by atoms with van der Waals surface area (Å²) in [6.07, 6.45) is 7.41. The Labute approximate surface area is 102 Å². The summed E-state index contributed by atoms with van der Waals surface area (Å²) in [6, 6.07) is 1.89. The largest absolute Gasteiger partial charge is 0.496 e. The topological polar surface area (TPSA) is 54.4 Å². The normalized spacial score (nSPS) is 22.8. The number of hydrogen-bond donors (Lipinski definition) is 2. The van der Waals surface area contributed by atoms with Crippen molar-refractivity contribution >= 4 is 0 Å². The van der Waals surface area contributed by atoms with Gasteiger partial charge in [0.15, 0.2) is 0 Å². The second kappa shape index (κ2) is 5.98. The summed E-state index contributed by atoms with van der Waals surface area (Å²) < 4.78 is 5.26. The van der Waals surface area contributed by atoms with Gasteiger partial charge in [-0.05, 0) is 25.5 Å². The van der Waals surface area contributed by atoms with Crippen LogP contribution in [0.3, 0.4) is 0 Å². The molecule has 0 bridgehead atoms. The van der Waals surface area contributed by atoms with Crippen molar-refractivity contribution in [3.8, 4) is 5.75 Å². The Bertz CT molecular complexity index is 349. The predicted octanol–water partition coefficient (Wildman–Crippen LogP) is 1.66. The van der Waals surface area contributed by atoms with Crippen molar-refractivity contribution in [1.29, 1.82) is 0 Å². The molecule has 2 atom stereocenters. The number of rotatable bonds is 3. The quantitative estimate of drug-likeness (QED) is 0.838. The van der Waals surface area contributed by atoms with E-state index in [9.17, 15) is 5.11 Å². The lowest BCUT2D eigenvalue weighted by molar-refractivity contribution is 0.123. The Hall–Kier alpha value is -1.13. The van der Waals surface area contributed by atoms with Crippen LogP contribution >= 0.6 is 0 Å². The van der Waals surface area contributed by atoms with Crippen molar-refractivity contribution in [2.24, 2.45) is 0 Å². The van der Waals surface area contributed by atoms with E-state index in [2.05, 4.69) is 10.3 Å². The molecule has 2 unspecified atom stereocenters. The lowest BCUT2D eigenvalue weighted by Gasteiger charge is -2.23. The van der Waals surface area contributed by atoms with Crippen LogP contribution in [-0.2, 0) is 0 Å². The van der Waals surface area contributed by atoms with E-state index in [0.717, 1.165) is 24.9 Å². The summed E-state index contributed by atoms with van der Waals surface area (Å²) in [5, 5.41) is 13.8. The molecule has 4 heteroatoms. The molecular formula is C13H20N2O2.